The molecule has 1 unspecified atom stereocenters. The summed E-state index contributed by atoms with van der Waals surface area (Å²) in [5.41, 5.74) is 3.99. The van der Waals surface area contributed by atoms with Gasteiger partial charge in [0.1, 0.15) is 5.76 Å². The van der Waals surface area contributed by atoms with Gasteiger partial charge < -0.3 is 10.0 Å². The SMILES string of the molecule is Cc1ccc(/C(O)=C2\C(=O)C(=O)N(c3ccc(N4CCCCC4)cc3)C2c2cccnc2)cc1. The smallest absolute Gasteiger partial charge is 0.300 e. The number of rotatable bonds is 4. The van der Waals surface area contributed by atoms with Crippen molar-refractivity contribution in [3.63, 3.8) is 0 Å². The second-order valence-electron chi connectivity index (χ2n) is 8.89. The molecular weight excluding hydrogens is 426 g/mol. The molecule has 0 spiro atoms. The second kappa shape index (κ2) is 9.14. The molecule has 2 aliphatic rings. The summed E-state index contributed by atoms with van der Waals surface area (Å²) < 4.78 is 0. The maximum atomic E-state index is 13.3. The minimum atomic E-state index is -0.768. The van der Waals surface area contributed by atoms with E-state index in [-0.39, 0.29) is 11.3 Å². The summed E-state index contributed by atoms with van der Waals surface area (Å²) in [6.45, 7) is 4.00. The summed E-state index contributed by atoms with van der Waals surface area (Å²) in [4.78, 5) is 34.5. The number of hydrogen-bond acceptors (Lipinski definition) is 5. The Balaban J connectivity index is 1.59. The number of Topliss-reactive ketones (excluding diaryl/α,β-unsaturated/α-hetero) is 1. The quantitative estimate of drug-likeness (QED) is 0.342. The van der Waals surface area contributed by atoms with E-state index in [2.05, 4.69) is 9.88 Å². The van der Waals surface area contributed by atoms with E-state index >= 15 is 0 Å². The molecule has 0 bridgehead atoms. The first-order chi connectivity index (χ1) is 16.5. The number of nitrogens with zero attached hydrogens (tertiary/aromatic N) is 3. The van der Waals surface area contributed by atoms with E-state index in [0.29, 0.717) is 16.8 Å². The lowest BCUT2D eigenvalue weighted by atomic mass is 9.96. The van der Waals surface area contributed by atoms with Gasteiger partial charge in [-0.05, 0) is 62.1 Å². The lowest BCUT2D eigenvalue weighted by Crippen LogP contribution is -2.30. The van der Waals surface area contributed by atoms with Crippen LogP contribution in [0.3, 0.4) is 0 Å². The Morgan fingerprint density at radius 2 is 1.59 bits per heavy atom. The molecule has 5 rings (SSSR count). The minimum absolute atomic E-state index is 0.0713. The molecule has 3 heterocycles. The summed E-state index contributed by atoms with van der Waals surface area (Å²) in [5, 5.41) is 11.2. The maximum Gasteiger partial charge on any atom is 0.300 e. The van der Waals surface area contributed by atoms with Gasteiger partial charge in [-0.25, -0.2) is 0 Å². The van der Waals surface area contributed by atoms with Crippen LogP contribution in [0.2, 0.25) is 0 Å². The van der Waals surface area contributed by atoms with Crippen LogP contribution in [0.25, 0.3) is 5.76 Å². The van der Waals surface area contributed by atoms with Crippen LogP contribution in [0.1, 0.15) is 42.0 Å². The third-order valence-electron chi connectivity index (χ3n) is 6.62. The number of ketones is 1. The molecule has 2 aliphatic heterocycles. The predicted molar refractivity (Wildman–Crippen MR) is 133 cm³/mol. The van der Waals surface area contributed by atoms with Gasteiger partial charge in [-0.15, -0.1) is 0 Å². The van der Waals surface area contributed by atoms with Gasteiger partial charge in [0.2, 0.25) is 0 Å². The second-order valence-corrected chi connectivity index (χ2v) is 8.89. The largest absolute Gasteiger partial charge is 0.507 e. The number of hydrogen-bond donors (Lipinski definition) is 1. The van der Waals surface area contributed by atoms with Crippen LogP contribution in [0.15, 0.2) is 78.6 Å². The first-order valence-electron chi connectivity index (χ1n) is 11.7. The number of aryl methyl sites for hydroxylation is 1. The molecule has 2 fully saturated rings. The van der Waals surface area contributed by atoms with Crippen LogP contribution in [-0.2, 0) is 9.59 Å². The Morgan fingerprint density at radius 1 is 0.912 bits per heavy atom. The van der Waals surface area contributed by atoms with Crippen molar-refractivity contribution in [3.05, 3.63) is 95.3 Å². The standard InChI is InChI=1S/C28H27N3O3/c1-19-7-9-20(10-8-19)26(32)24-25(21-6-5-15-29-18-21)31(28(34)27(24)33)23-13-11-22(12-14-23)30-16-3-2-4-17-30/h5-15,18,25,32H,2-4,16-17H2,1H3/b26-24+. The molecule has 1 atom stereocenters. The highest BCUT2D eigenvalue weighted by atomic mass is 16.3. The Morgan fingerprint density at radius 3 is 2.24 bits per heavy atom. The molecule has 2 aromatic carbocycles. The Hall–Kier alpha value is -3.93. The van der Waals surface area contributed by atoms with Gasteiger partial charge in [0, 0.05) is 42.4 Å². The monoisotopic (exact) mass is 453 g/mol. The van der Waals surface area contributed by atoms with Crippen molar-refractivity contribution in [2.45, 2.75) is 32.2 Å². The molecule has 0 radical (unpaired) electrons. The Labute approximate surface area is 199 Å². The molecular formula is C28H27N3O3. The average Bonchev–Trinajstić information content (AvgIpc) is 3.15. The summed E-state index contributed by atoms with van der Waals surface area (Å²) in [5.74, 6) is -1.54. The summed E-state index contributed by atoms with van der Waals surface area (Å²) in [6.07, 6.45) is 6.88. The van der Waals surface area contributed by atoms with Crippen molar-refractivity contribution in [3.8, 4) is 0 Å². The Bertz CT molecular complexity index is 1230. The van der Waals surface area contributed by atoms with Gasteiger partial charge in [-0.2, -0.15) is 0 Å². The van der Waals surface area contributed by atoms with Crippen molar-refractivity contribution in [2.75, 3.05) is 22.9 Å². The maximum absolute atomic E-state index is 13.3. The summed E-state index contributed by atoms with van der Waals surface area (Å²) in [7, 11) is 0. The number of benzene rings is 2. The first-order valence-corrected chi connectivity index (χ1v) is 11.7. The van der Waals surface area contributed by atoms with Gasteiger partial charge in [0.15, 0.2) is 0 Å². The van der Waals surface area contributed by atoms with Crippen LogP contribution in [0.5, 0.6) is 0 Å². The van der Waals surface area contributed by atoms with Crippen molar-refractivity contribution >= 4 is 28.8 Å². The predicted octanol–water partition coefficient (Wildman–Crippen LogP) is 5.01. The zero-order valence-electron chi connectivity index (χ0n) is 19.1. The third-order valence-corrected chi connectivity index (χ3v) is 6.62. The summed E-state index contributed by atoms with van der Waals surface area (Å²) >= 11 is 0. The third kappa shape index (κ3) is 3.96. The highest BCUT2D eigenvalue weighted by Crippen LogP contribution is 2.42. The van der Waals surface area contributed by atoms with E-state index in [4.69, 9.17) is 0 Å². The van der Waals surface area contributed by atoms with Gasteiger partial charge in [-0.1, -0.05) is 35.9 Å². The number of aliphatic hydroxyl groups excluding tert-OH is 1. The highest BCUT2D eigenvalue weighted by molar-refractivity contribution is 6.51. The zero-order chi connectivity index (χ0) is 23.7. The van der Waals surface area contributed by atoms with Crippen molar-refractivity contribution in [1.29, 1.82) is 0 Å². The summed E-state index contributed by atoms with van der Waals surface area (Å²) in [6, 6.07) is 17.8. The van der Waals surface area contributed by atoms with E-state index in [1.165, 1.54) is 24.2 Å². The van der Waals surface area contributed by atoms with E-state index in [1.807, 2.05) is 49.4 Å². The number of carbonyl (C=O) groups is 2. The lowest BCUT2D eigenvalue weighted by molar-refractivity contribution is -0.132. The molecule has 0 aliphatic carbocycles. The molecule has 1 N–H and O–H groups in total. The zero-order valence-corrected chi connectivity index (χ0v) is 19.1. The molecule has 3 aromatic rings. The average molecular weight is 454 g/mol. The number of aliphatic hydroxyl groups is 1. The number of amides is 1. The fourth-order valence-corrected chi connectivity index (χ4v) is 4.80. The lowest BCUT2D eigenvalue weighted by Gasteiger charge is -2.30. The first kappa shape index (κ1) is 21.9. The van der Waals surface area contributed by atoms with E-state index < -0.39 is 17.7 Å². The normalized spacial score (nSPS) is 20.1. The molecule has 1 aromatic heterocycles. The number of piperidine rings is 1. The van der Waals surface area contributed by atoms with Crippen LogP contribution in [0.4, 0.5) is 11.4 Å². The molecule has 1 amide bonds. The van der Waals surface area contributed by atoms with Gasteiger partial charge in [0.25, 0.3) is 11.7 Å². The number of aromatic nitrogens is 1. The van der Waals surface area contributed by atoms with E-state index in [9.17, 15) is 14.7 Å². The van der Waals surface area contributed by atoms with Crippen LogP contribution >= 0.6 is 0 Å². The molecule has 34 heavy (non-hydrogen) atoms. The number of pyridine rings is 1. The van der Waals surface area contributed by atoms with Crippen LogP contribution in [0, 0.1) is 6.92 Å². The van der Waals surface area contributed by atoms with Gasteiger partial charge in [0.05, 0.1) is 11.6 Å². The van der Waals surface area contributed by atoms with Crippen molar-refractivity contribution < 1.29 is 14.7 Å². The van der Waals surface area contributed by atoms with Crippen LogP contribution in [-0.4, -0.2) is 34.9 Å². The number of anilines is 2. The Kier molecular flexibility index (Phi) is 5.88. The van der Waals surface area contributed by atoms with Crippen molar-refractivity contribution in [2.24, 2.45) is 0 Å². The number of carbonyl (C=O) groups excluding carboxylic acids is 2. The van der Waals surface area contributed by atoms with Crippen molar-refractivity contribution in [1.82, 2.24) is 4.98 Å². The van der Waals surface area contributed by atoms with E-state index in [0.717, 1.165) is 24.3 Å². The minimum Gasteiger partial charge on any atom is -0.507 e. The molecule has 0 saturated carbocycles. The molecule has 2 saturated heterocycles. The van der Waals surface area contributed by atoms with E-state index in [1.54, 1.807) is 30.6 Å². The fraction of sp³-hybridized carbons (Fsp3) is 0.250. The van der Waals surface area contributed by atoms with Crippen LogP contribution < -0.4 is 9.80 Å². The molecule has 6 nitrogen and oxygen atoms in total. The molecule has 172 valence electrons. The highest BCUT2D eigenvalue weighted by Gasteiger charge is 2.47. The molecule has 6 heteroatoms. The van der Waals surface area contributed by atoms with Gasteiger partial charge >= 0.3 is 0 Å². The topological polar surface area (TPSA) is 73.7 Å². The fourth-order valence-electron chi connectivity index (χ4n) is 4.80. The van der Waals surface area contributed by atoms with Gasteiger partial charge in [-0.3, -0.25) is 19.5 Å².